The standard InChI is InChI=1S/C28H48N2O6S3/c1-2-3-4-5-6-7-8-9-10-11-12-13-14-15-17-22-37-28-29-26-24-25(39(34,35)36)19-20-27(26)30(28)21-16-18-23-38(31,32)33/h19-20,24H,2-18,21-23H2,1H3,(H,31,32,33)(H,34,35,36). The summed E-state index contributed by atoms with van der Waals surface area (Å²) in [7, 11) is -8.33. The second-order valence-electron chi connectivity index (χ2n) is 10.5. The molecule has 0 saturated carbocycles. The van der Waals surface area contributed by atoms with Gasteiger partial charge < -0.3 is 4.57 Å². The van der Waals surface area contributed by atoms with Crippen molar-refractivity contribution in [3.8, 4) is 0 Å². The Morgan fingerprint density at radius 1 is 0.744 bits per heavy atom. The normalized spacial score (nSPS) is 12.5. The van der Waals surface area contributed by atoms with Crippen molar-refractivity contribution < 1.29 is 25.9 Å². The van der Waals surface area contributed by atoms with Crippen molar-refractivity contribution in [2.24, 2.45) is 0 Å². The van der Waals surface area contributed by atoms with Gasteiger partial charge in [0.1, 0.15) is 0 Å². The second-order valence-corrected chi connectivity index (χ2v) is 14.5. The van der Waals surface area contributed by atoms with E-state index >= 15 is 0 Å². The second kappa shape index (κ2) is 18.3. The molecule has 0 aliphatic rings. The van der Waals surface area contributed by atoms with Crippen molar-refractivity contribution >= 4 is 43.0 Å². The lowest BCUT2D eigenvalue weighted by atomic mass is 10.0. The molecule has 1 aromatic carbocycles. The van der Waals surface area contributed by atoms with E-state index in [1.54, 1.807) is 17.8 Å². The Kier molecular flexibility index (Phi) is 16.0. The molecule has 0 spiro atoms. The molecule has 1 heterocycles. The Morgan fingerprint density at radius 3 is 1.79 bits per heavy atom. The van der Waals surface area contributed by atoms with Crippen LogP contribution in [0.2, 0.25) is 0 Å². The van der Waals surface area contributed by atoms with Crippen LogP contribution < -0.4 is 0 Å². The topological polar surface area (TPSA) is 127 Å². The minimum Gasteiger partial charge on any atom is -0.319 e. The highest BCUT2D eigenvalue weighted by Crippen LogP contribution is 2.28. The van der Waals surface area contributed by atoms with Crippen LogP contribution >= 0.6 is 11.8 Å². The van der Waals surface area contributed by atoms with Gasteiger partial charge in [-0.05, 0) is 37.5 Å². The number of imidazole rings is 1. The predicted molar refractivity (Wildman–Crippen MR) is 161 cm³/mol. The van der Waals surface area contributed by atoms with Crippen LogP contribution in [0.5, 0.6) is 0 Å². The van der Waals surface area contributed by atoms with Gasteiger partial charge in [0.05, 0.1) is 21.7 Å². The number of nitrogens with zero attached hydrogens (tertiary/aromatic N) is 2. The summed E-state index contributed by atoms with van der Waals surface area (Å²) >= 11 is 1.61. The smallest absolute Gasteiger partial charge is 0.294 e. The Labute approximate surface area is 240 Å². The number of hydrogen-bond acceptors (Lipinski definition) is 6. The van der Waals surface area contributed by atoms with Gasteiger partial charge in [-0.25, -0.2) is 4.98 Å². The van der Waals surface area contributed by atoms with E-state index in [1.165, 1.54) is 95.6 Å². The number of rotatable bonds is 23. The maximum absolute atomic E-state index is 11.5. The molecule has 224 valence electrons. The summed E-state index contributed by atoms with van der Waals surface area (Å²) in [5, 5.41) is 0.745. The fourth-order valence-corrected chi connectivity index (χ4v) is 6.87. The molecule has 39 heavy (non-hydrogen) atoms. The van der Waals surface area contributed by atoms with Crippen LogP contribution in [0.3, 0.4) is 0 Å². The van der Waals surface area contributed by atoms with Gasteiger partial charge in [0.15, 0.2) is 5.16 Å². The van der Waals surface area contributed by atoms with E-state index in [4.69, 9.17) is 4.55 Å². The summed E-state index contributed by atoms with van der Waals surface area (Å²) in [5.41, 5.74) is 1.20. The quantitative estimate of drug-likeness (QED) is 0.0744. The molecule has 11 heteroatoms. The molecular formula is C28H48N2O6S3. The first-order chi connectivity index (χ1) is 18.6. The van der Waals surface area contributed by atoms with E-state index in [-0.39, 0.29) is 10.6 Å². The largest absolute Gasteiger partial charge is 0.319 e. The van der Waals surface area contributed by atoms with Crippen LogP contribution in [-0.4, -0.2) is 47.0 Å². The van der Waals surface area contributed by atoms with E-state index in [2.05, 4.69) is 11.9 Å². The molecule has 0 radical (unpaired) electrons. The van der Waals surface area contributed by atoms with E-state index in [0.717, 1.165) is 29.3 Å². The van der Waals surface area contributed by atoms with Gasteiger partial charge in [-0.3, -0.25) is 9.11 Å². The van der Waals surface area contributed by atoms with E-state index in [9.17, 15) is 21.4 Å². The third kappa shape index (κ3) is 14.4. The number of fused-ring (bicyclic) bond motifs is 1. The SMILES string of the molecule is CCCCCCCCCCCCCCCCCSc1nc2cc(S(=O)(=O)O)ccc2n1CCCCS(=O)(=O)O. The first-order valence-corrected chi connectivity index (χ1v) is 18.7. The predicted octanol–water partition coefficient (Wildman–Crippen LogP) is 7.91. The number of benzene rings is 1. The lowest BCUT2D eigenvalue weighted by molar-refractivity contribution is 0.477. The molecule has 0 saturated heterocycles. The van der Waals surface area contributed by atoms with Gasteiger partial charge in [0, 0.05) is 12.3 Å². The van der Waals surface area contributed by atoms with Gasteiger partial charge in [-0.1, -0.05) is 109 Å². The number of thioether (sulfide) groups is 1. The molecule has 0 fully saturated rings. The molecule has 0 atom stereocenters. The number of aromatic nitrogens is 2. The third-order valence-electron chi connectivity index (χ3n) is 7.00. The summed E-state index contributed by atoms with van der Waals surface area (Å²) in [4.78, 5) is 4.40. The third-order valence-corrected chi connectivity index (χ3v) is 9.71. The molecule has 0 bridgehead atoms. The maximum Gasteiger partial charge on any atom is 0.294 e. The van der Waals surface area contributed by atoms with Crippen molar-refractivity contribution in [1.29, 1.82) is 0 Å². The minimum absolute atomic E-state index is 0.204. The van der Waals surface area contributed by atoms with Crippen LogP contribution in [0, 0.1) is 0 Å². The van der Waals surface area contributed by atoms with Gasteiger partial charge in [-0.2, -0.15) is 16.8 Å². The highest BCUT2D eigenvalue weighted by atomic mass is 32.2. The lowest BCUT2D eigenvalue weighted by Gasteiger charge is -2.09. The van der Waals surface area contributed by atoms with Crippen LogP contribution in [0.4, 0.5) is 0 Å². The molecule has 0 aliphatic heterocycles. The summed E-state index contributed by atoms with van der Waals surface area (Å²) in [6.07, 6.45) is 20.6. The van der Waals surface area contributed by atoms with Gasteiger partial charge in [-0.15, -0.1) is 0 Å². The zero-order valence-corrected chi connectivity index (χ0v) is 26.0. The highest BCUT2D eigenvalue weighted by molar-refractivity contribution is 7.99. The Balaban J connectivity index is 1.71. The van der Waals surface area contributed by atoms with Crippen LogP contribution in [0.15, 0.2) is 28.3 Å². The molecule has 2 N–H and O–H groups in total. The molecule has 0 amide bonds. The average Bonchev–Trinajstić information content (AvgIpc) is 3.21. The molecule has 0 unspecified atom stereocenters. The fourth-order valence-electron chi connectivity index (χ4n) is 4.77. The van der Waals surface area contributed by atoms with E-state index in [1.807, 2.05) is 4.57 Å². The highest BCUT2D eigenvalue weighted by Gasteiger charge is 2.16. The average molecular weight is 605 g/mol. The summed E-state index contributed by atoms with van der Waals surface area (Å²) in [6, 6.07) is 4.32. The first-order valence-electron chi connectivity index (χ1n) is 14.7. The summed E-state index contributed by atoms with van der Waals surface area (Å²) in [5.74, 6) is 0.589. The monoisotopic (exact) mass is 604 g/mol. The summed E-state index contributed by atoms with van der Waals surface area (Å²) in [6.45, 7) is 2.76. The first kappa shape index (κ1) is 34.1. The number of unbranched alkanes of at least 4 members (excludes halogenated alkanes) is 15. The summed E-state index contributed by atoms with van der Waals surface area (Å²) < 4.78 is 65.5. The van der Waals surface area contributed by atoms with Crippen LogP contribution in [0.1, 0.15) is 116 Å². The van der Waals surface area contributed by atoms with Crippen molar-refractivity contribution in [2.45, 2.75) is 133 Å². The van der Waals surface area contributed by atoms with Crippen LogP contribution in [-0.2, 0) is 26.8 Å². The lowest BCUT2D eigenvalue weighted by Crippen LogP contribution is -2.06. The number of aryl methyl sites for hydroxylation is 1. The van der Waals surface area contributed by atoms with Gasteiger partial charge in [0.2, 0.25) is 0 Å². The Hall–Kier alpha value is -1.14. The van der Waals surface area contributed by atoms with Crippen molar-refractivity contribution in [2.75, 3.05) is 11.5 Å². The zero-order valence-electron chi connectivity index (χ0n) is 23.5. The number of hydrogen-bond donors (Lipinski definition) is 2. The van der Waals surface area contributed by atoms with E-state index < -0.39 is 20.2 Å². The van der Waals surface area contributed by atoms with Crippen molar-refractivity contribution in [1.82, 2.24) is 9.55 Å². The maximum atomic E-state index is 11.5. The van der Waals surface area contributed by atoms with Crippen LogP contribution in [0.25, 0.3) is 11.0 Å². The molecule has 0 aliphatic carbocycles. The van der Waals surface area contributed by atoms with E-state index in [0.29, 0.717) is 24.9 Å². The fraction of sp³-hybridized carbons (Fsp3) is 0.750. The zero-order chi connectivity index (χ0) is 28.6. The molecular weight excluding hydrogens is 557 g/mol. The molecule has 1 aromatic heterocycles. The Morgan fingerprint density at radius 2 is 1.28 bits per heavy atom. The minimum atomic E-state index is -4.33. The molecule has 2 aromatic rings. The molecule has 2 rings (SSSR count). The Bertz CT molecular complexity index is 1180. The van der Waals surface area contributed by atoms with Crippen molar-refractivity contribution in [3.63, 3.8) is 0 Å². The van der Waals surface area contributed by atoms with Gasteiger partial charge >= 0.3 is 0 Å². The van der Waals surface area contributed by atoms with Crippen molar-refractivity contribution in [3.05, 3.63) is 18.2 Å². The molecule has 8 nitrogen and oxygen atoms in total. The van der Waals surface area contributed by atoms with Gasteiger partial charge in [0.25, 0.3) is 20.2 Å².